The molecule has 3 N–H and O–H groups in total. The summed E-state index contributed by atoms with van der Waals surface area (Å²) in [6, 6.07) is 0. The summed E-state index contributed by atoms with van der Waals surface area (Å²) < 4.78 is 0. The number of aromatic nitrogens is 2. The van der Waals surface area contributed by atoms with Crippen LogP contribution in [-0.4, -0.2) is 29.0 Å². The van der Waals surface area contributed by atoms with Crippen LogP contribution in [0.1, 0.15) is 17.1 Å². The van der Waals surface area contributed by atoms with Crippen LogP contribution >= 0.6 is 11.8 Å². The van der Waals surface area contributed by atoms with Crippen molar-refractivity contribution in [3.8, 4) is 0 Å². The van der Waals surface area contributed by atoms with Crippen LogP contribution in [0.4, 0.5) is 5.82 Å². The second kappa shape index (κ2) is 4.34. The molecule has 0 saturated carbocycles. The largest absolute Gasteiger partial charge is 0.308 e. The number of nitrogens with zero attached hydrogens (tertiary/aromatic N) is 3. The molecule has 0 amide bonds. The Kier molecular flexibility index (Phi) is 3.08. The molecule has 15 heavy (non-hydrogen) atoms. The predicted molar refractivity (Wildman–Crippen MR) is 62.2 cm³/mol. The maximum absolute atomic E-state index is 5.46. The molecule has 0 bridgehead atoms. The first-order valence-electron chi connectivity index (χ1n) is 4.78. The molecule has 0 aromatic carbocycles. The summed E-state index contributed by atoms with van der Waals surface area (Å²) in [7, 11) is 4.00. The molecule has 1 aromatic rings. The maximum atomic E-state index is 5.46. The summed E-state index contributed by atoms with van der Waals surface area (Å²) in [6.07, 6.45) is 0. The number of rotatable bonds is 3. The SMILES string of the molecule is CN(C)Cc1nc2c(c(NN)n1)CSC2. The smallest absolute Gasteiger partial charge is 0.148 e. The van der Waals surface area contributed by atoms with Crippen molar-refractivity contribution in [2.75, 3.05) is 19.5 Å². The fourth-order valence-corrected chi connectivity index (χ4v) is 2.62. The Morgan fingerprint density at radius 2 is 2.20 bits per heavy atom. The second-order valence-electron chi connectivity index (χ2n) is 3.79. The number of anilines is 1. The maximum Gasteiger partial charge on any atom is 0.148 e. The molecule has 2 rings (SSSR count). The summed E-state index contributed by atoms with van der Waals surface area (Å²) in [5.74, 6) is 8.99. The zero-order valence-electron chi connectivity index (χ0n) is 8.95. The molecule has 1 aliphatic rings. The van der Waals surface area contributed by atoms with Gasteiger partial charge in [0.05, 0.1) is 12.2 Å². The van der Waals surface area contributed by atoms with Crippen LogP contribution in [-0.2, 0) is 18.1 Å². The first kappa shape index (κ1) is 10.7. The van der Waals surface area contributed by atoms with E-state index < -0.39 is 0 Å². The van der Waals surface area contributed by atoms with Gasteiger partial charge in [0.1, 0.15) is 11.6 Å². The number of nitrogens with one attached hydrogen (secondary N) is 1. The van der Waals surface area contributed by atoms with Crippen molar-refractivity contribution in [3.63, 3.8) is 0 Å². The molecule has 6 heteroatoms. The van der Waals surface area contributed by atoms with Crippen LogP contribution in [0.25, 0.3) is 0 Å². The number of nitrogens with two attached hydrogens (primary N) is 1. The molecule has 0 spiro atoms. The van der Waals surface area contributed by atoms with Gasteiger partial charge in [-0.3, -0.25) is 0 Å². The van der Waals surface area contributed by atoms with Gasteiger partial charge < -0.3 is 10.3 Å². The van der Waals surface area contributed by atoms with Gasteiger partial charge in [-0.1, -0.05) is 0 Å². The van der Waals surface area contributed by atoms with E-state index in [0.29, 0.717) is 0 Å². The van der Waals surface area contributed by atoms with Crippen molar-refractivity contribution in [1.29, 1.82) is 0 Å². The third kappa shape index (κ3) is 2.22. The van der Waals surface area contributed by atoms with Crippen LogP contribution in [0.5, 0.6) is 0 Å². The molecule has 5 nitrogen and oxygen atoms in total. The molecular weight excluding hydrogens is 210 g/mol. The summed E-state index contributed by atoms with van der Waals surface area (Å²) in [5.41, 5.74) is 4.94. The summed E-state index contributed by atoms with van der Waals surface area (Å²) in [5, 5.41) is 0. The number of fused-ring (bicyclic) bond motifs is 1. The Morgan fingerprint density at radius 1 is 1.40 bits per heavy atom. The molecule has 1 aromatic heterocycles. The Balaban J connectivity index is 2.34. The fourth-order valence-electron chi connectivity index (χ4n) is 1.58. The lowest BCUT2D eigenvalue weighted by atomic mass is 10.2. The molecule has 82 valence electrons. The van der Waals surface area contributed by atoms with Crippen molar-refractivity contribution in [1.82, 2.24) is 14.9 Å². The van der Waals surface area contributed by atoms with Crippen molar-refractivity contribution < 1.29 is 0 Å². The summed E-state index contributed by atoms with van der Waals surface area (Å²) in [6.45, 7) is 0.743. The molecule has 0 saturated heterocycles. The van der Waals surface area contributed by atoms with Gasteiger partial charge >= 0.3 is 0 Å². The third-order valence-corrected chi connectivity index (χ3v) is 3.19. The van der Waals surface area contributed by atoms with E-state index in [2.05, 4.69) is 15.4 Å². The highest BCUT2D eigenvalue weighted by molar-refractivity contribution is 7.98. The van der Waals surface area contributed by atoms with Gasteiger partial charge in [0.2, 0.25) is 0 Å². The first-order valence-corrected chi connectivity index (χ1v) is 5.94. The van der Waals surface area contributed by atoms with Crippen LogP contribution in [0, 0.1) is 0 Å². The highest BCUT2D eigenvalue weighted by atomic mass is 32.2. The predicted octanol–water partition coefficient (Wildman–Crippen LogP) is 0.571. The molecular formula is C9H15N5S. The van der Waals surface area contributed by atoms with Gasteiger partial charge in [-0.05, 0) is 14.1 Å². The number of hydrazine groups is 1. The van der Waals surface area contributed by atoms with E-state index in [1.807, 2.05) is 30.8 Å². The van der Waals surface area contributed by atoms with Gasteiger partial charge in [0.25, 0.3) is 0 Å². The van der Waals surface area contributed by atoms with E-state index in [4.69, 9.17) is 5.84 Å². The lowest BCUT2D eigenvalue weighted by molar-refractivity contribution is 0.390. The first-order chi connectivity index (χ1) is 7.20. The van der Waals surface area contributed by atoms with Crippen LogP contribution < -0.4 is 11.3 Å². The van der Waals surface area contributed by atoms with Gasteiger partial charge in [-0.25, -0.2) is 15.8 Å². The lowest BCUT2D eigenvalue weighted by Gasteiger charge is -2.11. The number of nitrogen functional groups attached to an aromatic ring is 1. The van der Waals surface area contributed by atoms with Gasteiger partial charge in [-0.2, -0.15) is 11.8 Å². The minimum absolute atomic E-state index is 0.743. The quantitative estimate of drug-likeness (QED) is 0.579. The number of hydrogen-bond acceptors (Lipinski definition) is 6. The average molecular weight is 225 g/mol. The molecule has 0 radical (unpaired) electrons. The third-order valence-electron chi connectivity index (χ3n) is 2.22. The topological polar surface area (TPSA) is 67.1 Å². The molecule has 0 fully saturated rings. The highest BCUT2D eigenvalue weighted by Crippen LogP contribution is 2.32. The van der Waals surface area contributed by atoms with E-state index in [-0.39, 0.29) is 0 Å². The Hall–Kier alpha value is -0.850. The van der Waals surface area contributed by atoms with Crippen molar-refractivity contribution >= 4 is 17.6 Å². The molecule has 1 aliphatic heterocycles. The van der Waals surface area contributed by atoms with Crippen molar-refractivity contribution in [3.05, 3.63) is 17.1 Å². The highest BCUT2D eigenvalue weighted by Gasteiger charge is 2.19. The standard InChI is InChI=1S/C9H15N5S/c1-14(2)3-8-11-7-5-15-4-6(7)9(12-8)13-10/h3-5,10H2,1-2H3,(H,11,12,13). The lowest BCUT2D eigenvalue weighted by Crippen LogP contribution is -2.18. The number of hydrogen-bond donors (Lipinski definition) is 2. The molecule has 0 atom stereocenters. The van der Waals surface area contributed by atoms with Crippen LogP contribution in [0.15, 0.2) is 0 Å². The zero-order valence-corrected chi connectivity index (χ0v) is 9.77. The molecule has 2 heterocycles. The summed E-state index contributed by atoms with van der Waals surface area (Å²) in [4.78, 5) is 11.0. The van der Waals surface area contributed by atoms with E-state index in [1.165, 1.54) is 0 Å². The monoisotopic (exact) mass is 225 g/mol. The summed E-state index contributed by atoms with van der Waals surface area (Å²) >= 11 is 1.85. The second-order valence-corrected chi connectivity index (χ2v) is 4.77. The van der Waals surface area contributed by atoms with Gasteiger partial charge in [0, 0.05) is 17.1 Å². The normalized spacial score (nSPS) is 14.4. The molecule has 0 unspecified atom stereocenters. The molecule has 0 aliphatic carbocycles. The van der Waals surface area contributed by atoms with Gasteiger partial charge in [-0.15, -0.1) is 0 Å². The zero-order chi connectivity index (χ0) is 10.8. The van der Waals surface area contributed by atoms with E-state index >= 15 is 0 Å². The minimum atomic E-state index is 0.743. The fraction of sp³-hybridized carbons (Fsp3) is 0.556. The van der Waals surface area contributed by atoms with E-state index in [9.17, 15) is 0 Å². The Bertz CT molecular complexity index is 366. The van der Waals surface area contributed by atoms with Crippen LogP contribution in [0.3, 0.4) is 0 Å². The average Bonchev–Trinajstić information content (AvgIpc) is 2.63. The Labute approximate surface area is 93.4 Å². The van der Waals surface area contributed by atoms with Crippen molar-refractivity contribution in [2.45, 2.75) is 18.1 Å². The van der Waals surface area contributed by atoms with Crippen LogP contribution in [0.2, 0.25) is 0 Å². The van der Waals surface area contributed by atoms with Gasteiger partial charge in [0.15, 0.2) is 0 Å². The number of thioether (sulfide) groups is 1. The minimum Gasteiger partial charge on any atom is -0.308 e. The van der Waals surface area contributed by atoms with E-state index in [1.54, 1.807) is 0 Å². The van der Waals surface area contributed by atoms with E-state index in [0.717, 1.165) is 41.0 Å². The Morgan fingerprint density at radius 3 is 2.87 bits per heavy atom. The van der Waals surface area contributed by atoms with Crippen molar-refractivity contribution in [2.24, 2.45) is 5.84 Å².